The van der Waals surface area contributed by atoms with Gasteiger partial charge in [0.25, 0.3) is 5.69 Å². The van der Waals surface area contributed by atoms with Gasteiger partial charge in [-0.1, -0.05) is 89.9 Å². The van der Waals surface area contributed by atoms with Gasteiger partial charge in [0, 0.05) is 25.2 Å². The van der Waals surface area contributed by atoms with Gasteiger partial charge in [-0.3, -0.25) is 14.9 Å². The van der Waals surface area contributed by atoms with Gasteiger partial charge in [0.05, 0.1) is 4.92 Å². The van der Waals surface area contributed by atoms with Crippen LogP contribution in [-0.2, 0) is 22.6 Å². The molecular formula is C33H58N4O5. The Morgan fingerprint density at radius 2 is 1.31 bits per heavy atom. The molecule has 0 fully saturated rings. The molecule has 42 heavy (non-hydrogen) atoms. The molecule has 0 aromatic heterocycles. The number of hydrogen-bond acceptors (Lipinski definition) is 6. The number of nitro groups is 1. The molecule has 9 heteroatoms. The van der Waals surface area contributed by atoms with Gasteiger partial charge >= 0.3 is 6.09 Å². The molecule has 0 aliphatic rings. The highest BCUT2D eigenvalue weighted by molar-refractivity contribution is 5.67. The predicted molar refractivity (Wildman–Crippen MR) is 171 cm³/mol. The summed E-state index contributed by atoms with van der Waals surface area (Å²) >= 11 is 0. The average molecular weight is 591 g/mol. The van der Waals surface area contributed by atoms with Crippen molar-refractivity contribution in [2.45, 2.75) is 129 Å². The standard InChI is InChI=1S/C33H58N4O5/c1-36(2)26-20-19-25-35-33(39)42-28-31-22-23-32(37(40)41)27-30(31)21-17-15-13-11-9-7-5-3-4-6-8-10-12-14-16-18-24-34-29-38/h22-23,27,29H,3-21,24-26,28H2,1-2H3,(H,34,38)(H,35,39). The van der Waals surface area contributed by atoms with Crippen molar-refractivity contribution < 1.29 is 19.2 Å². The number of benzene rings is 1. The summed E-state index contributed by atoms with van der Waals surface area (Å²) < 4.78 is 5.40. The van der Waals surface area contributed by atoms with Crippen LogP contribution in [0.3, 0.4) is 0 Å². The van der Waals surface area contributed by atoms with Gasteiger partial charge in [0.15, 0.2) is 0 Å². The second-order valence-electron chi connectivity index (χ2n) is 11.7. The van der Waals surface area contributed by atoms with E-state index in [1.807, 2.05) is 14.1 Å². The predicted octanol–water partition coefficient (Wildman–Crippen LogP) is 7.69. The molecule has 0 spiro atoms. The molecule has 0 saturated carbocycles. The summed E-state index contributed by atoms with van der Waals surface area (Å²) in [5.41, 5.74) is 1.82. The van der Waals surface area contributed by atoms with Crippen LogP contribution in [0.5, 0.6) is 0 Å². The van der Waals surface area contributed by atoms with Crippen molar-refractivity contribution >= 4 is 18.2 Å². The van der Waals surface area contributed by atoms with Crippen molar-refractivity contribution in [1.29, 1.82) is 0 Å². The first-order valence-corrected chi connectivity index (χ1v) is 16.4. The Hall–Kier alpha value is -2.68. The molecule has 0 radical (unpaired) electrons. The van der Waals surface area contributed by atoms with Crippen molar-refractivity contribution in [3.63, 3.8) is 0 Å². The normalized spacial score (nSPS) is 11.0. The molecule has 2 N–H and O–H groups in total. The molecule has 2 amide bonds. The quantitative estimate of drug-likeness (QED) is 0.0447. The van der Waals surface area contributed by atoms with Gasteiger partial charge in [-0.15, -0.1) is 0 Å². The maximum atomic E-state index is 12.1. The number of hydrogen-bond donors (Lipinski definition) is 2. The molecule has 1 aromatic carbocycles. The summed E-state index contributed by atoms with van der Waals surface area (Å²) in [5.74, 6) is 0. The van der Waals surface area contributed by atoms with Crippen molar-refractivity contribution in [1.82, 2.24) is 15.5 Å². The summed E-state index contributed by atoms with van der Waals surface area (Å²) in [4.78, 5) is 35.3. The first-order chi connectivity index (χ1) is 20.4. The van der Waals surface area contributed by atoms with Gasteiger partial charge < -0.3 is 20.3 Å². The fraction of sp³-hybridized carbons (Fsp3) is 0.758. The second-order valence-corrected chi connectivity index (χ2v) is 11.7. The lowest BCUT2D eigenvalue weighted by Crippen LogP contribution is -2.26. The van der Waals surface area contributed by atoms with Crippen LogP contribution in [0, 0.1) is 10.1 Å². The zero-order valence-corrected chi connectivity index (χ0v) is 26.5. The van der Waals surface area contributed by atoms with Crippen molar-refractivity contribution in [2.24, 2.45) is 0 Å². The molecule has 9 nitrogen and oxygen atoms in total. The maximum absolute atomic E-state index is 12.1. The lowest BCUT2D eigenvalue weighted by Gasteiger charge is -2.12. The number of carbonyl (C=O) groups is 2. The third-order valence-corrected chi connectivity index (χ3v) is 7.66. The number of nitrogens with one attached hydrogen (secondary N) is 2. The molecule has 0 unspecified atom stereocenters. The van der Waals surface area contributed by atoms with E-state index in [1.165, 1.54) is 89.5 Å². The van der Waals surface area contributed by atoms with E-state index in [9.17, 15) is 19.7 Å². The highest BCUT2D eigenvalue weighted by Gasteiger charge is 2.12. The van der Waals surface area contributed by atoms with E-state index in [1.54, 1.807) is 12.1 Å². The van der Waals surface area contributed by atoms with E-state index in [0.717, 1.165) is 69.2 Å². The molecule has 0 saturated heterocycles. The highest BCUT2D eigenvalue weighted by atomic mass is 16.6. The van der Waals surface area contributed by atoms with Crippen LogP contribution in [0.15, 0.2) is 18.2 Å². The van der Waals surface area contributed by atoms with Crippen LogP contribution in [-0.4, -0.2) is 56.1 Å². The number of nitrogens with zero attached hydrogens (tertiary/aromatic N) is 2. The molecular weight excluding hydrogens is 532 g/mol. The molecule has 1 aromatic rings. The Morgan fingerprint density at radius 1 is 0.786 bits per heavy atom. The summed E-state index contributed by atoms with van der Waals surface area (Å²) in [6.07, 6.45) is 23.0. The summed E-state index contributed by atoms with van der Waals surface area (Å²) in [6, 6.07) is 4.84. The number of nitro benzene ring substituents is 1. The van der Waals surface area contributed by atoms with Crippen LogP contribution < -0.4 is 10.6 Å². The fourth-order valence-electron chi connectivity index (χ4n) is 5.11. The van der Waals surface area contributed by atoms with Gasteiger partial charge in [-0.2, -0.15) is 0 Å². The third-order valence-electron chi connectivity index (χ3n) is 7.66. The van der Waals surface area contributed by atoms with Crippen molar-refractivity contribution in [3.8, 4) is 0 Å². The lowest BCUT2D eigenvalue weighted by molar-refractivity contribution is -0.384. The third kappa shape index (κ3) is 21.1. The van der Waals surface area contributed by atoms with Crippen LogP contribution in [0.25, 0.3) is 0 Å². The number of amides is 2. The molecule has 0 bridgehead atoms. The smallest absolute Gasteiger partial charge is 0.407 e. The van der Waals surface area contributed by atoms with Crippen LogP contribution in [0.4, 0.5) is 10.5 Å². The zero-order chi connectivity index (χ0) is 30.7. The fourth-order valence-corrected chi connectivity index (χ4v) is 5.11. The van der Waals surface area contributed by atoms with E-state index in [2.05, 4.69) is 15.5 Å². The number of carbonyl (C=O) groups excluding carboxylic acids is 2. The summed E-state index contributed by atoms with van der Waals surface area (Å²) in [5, 5.41) is 16.8. The number of unbranched alkanes of at least 4 members (excludes halogenated alkanes) is 16. The zero-order valence-electron chi connectivity index (χ0n) is 26.5. The molecule has 0 atom stereocenters. The maximum Gasteiger partial charge on any atom is 0.407 e. The first kappa shape index (κ1) is 37.3. The number of alkyl carbamates (subject to hydrolysis) is 1. The van der Waals surface area contributed by atoms with Crippen LogP contribution >= 0.6 is 0 Å². The number of aryl methyl sites for hydroxylation is 1. The van der Waals surface area contributed by atoms with Gasteiger partial charge in [0.2, 0.25) is 6.41 Å². The summed E-state index contributed by atoms with van der Waals surface area (Å²) in [6.45, 7) is 2.49. The topological polar surface area (TPSA) is 114 Å². The van der Waals surface area contributed by atoms with E-state index < -0.39 is 6.09 Å². The summed E-state index contributed by atoms with van der Waals surface area (Å²) in [7, 11) is 4.05. The minimum Gasteiger partial charge on any atom is -0.445 e. The average Bonchev–Trinajstić information content (AvgIpc) is 2.97. The van der Waals surface area contributed by atoms with Gasteiger partial charge in [-0.25, -0.2) is 4.79 Å². The molecule has 0 aliphatic carbocycles. The Balaban J connectivity index is 2.12. The molecule has 240 valence electrons. The Bertz CT molecular complexity index is 850. The van der Waals surface area contributed by atoms with E-state index in [0.29, 0.717) is 6.54 Å². The monoisotopic (exact) mass is 590 g/mol. The largest absolute Gasteiger partial charge is 0.445 e. The molecule has 1 rings (SSSR count). The van der Waals surface area contributed by atoms with Crippen LogP contribution in [0.1, 0.15) is 127 Å². The highest BCUT2D eigenvalue weighted by Crippen LogP contribution is 2.22. The minimum absolute atomic E-state index is 0.0827. The Labute approximate surface area is 254 Å². The van der Waals surface area contributed by atoms with E-state index in [4.69, 9.17) is 4.74 Å². The van der Waals surface area contributed by atoms with E-state index in [-0.39, 0.29) is 17.2 Å². The van der Waals surface area contributed by atoms with E-state index >= 15 is 0 Å². The molecule has 0 heterocycles. The Morgan fingerprint density at radius 3 is 1.83 bits per heavy atom. The van der Waals surface area contributed by atoms with Crippen molar-refractivity contribution in [3.05, 3.63) is 39.4 Å². The number of non-ortho nitro benzene ring substituents is 1. The molecule has 0 aliphatic heterocycles. The second kappa shape index (κ2) is 26.0. The van der Waals surface area contributed by atoms with Gasteiger partial charge in [0.1, 0.15) is 6.61 Å². The number of ether oxygens (including phenoxy) is 1. The first-order valence-electron chi connectivity index (χ1n) is 16.4. The van der Waals surface area contributed by atoms with Gasteiger partial charge in [-0.05, 0) is 69.9 Å². The number of rotatable bonds is 28. The Kier molecular flexibility index (Phi) is 23.1. The lowest BCUT2D eigenvalue weighted by atomic mass is 9.99. The SMILES string of the molecule is CN(C)CCCCNC(=O)OCc1ccc([N+](=O)[O-])cc1CCCCCCCCCCCCCCCCCCNC=O. The van der Waals surface area contributed by atoms with Crippen molar-refractivity contribution in [2.75, 3.05) is 33.7 Å². The minimum atomic E-state index is -0.447. The van der Waals surface area contributed by atoms with Crippen LogP contribution in [0.2, 0.25) is 0 Å².